The van der Waals surface area contributed by atoms with Crippen LogP contribution < -0.4 is 10.6 Å². The molecule has 5 nitrogen and oxygen atoms in total. The smallest absolute Gasteiger partial charge is 0.328 e. The third-order valence-corrected chi connectivity index (χ3v) is 1.31. The second-order valence-corrected chi connectivity index (χ2v) is 1.92. The highest BCUT2D eigenvalue weighted by Gasteiger charge is 2.19. The fourth-order valence-corrected chi connectivity index (χ4v) is 0.762. The fourth-order valence-electron chi connectivity index (χ4n) is 0.762. The number of rotatable bonds is 3. The van der Waals surface area contributed by atoms with Crippen LogP contribution in [0.15, 0.2) is 4.99 Å². The number of likely N-dealkylation sites (N-methyl/N-ethyl adjacent to an activating group) is 2. The van der Waals surface area contributed by atoms with Gasteiger partial charge in [-0.05, 0) is 7.05 Å². The van der Waals surface area contributed by atoms with Gasteiger partial charge in [-0.1, -0.05) is 0 Å². The van der Waals surface area contributed by atoms with Gasteiger partial charge in [0.2, 0.25) is 0 Å². The molecule has 0 aliphatic rings. The third kappa shape index (κ3) is 2.55. The molecule has 5 heteroatoms. The van der Waals surface area contributed by atoms with Gasteiger partial charge in [-0.2, -0.15) is 0 Å². The van der Waals surface area contributed by atoms with Gasteiger partial charge in [-0.3, -0.25) is 9.79 Å². The predicted octanol–water partition coefficient (Wildman–Crippen LogP) is -1.09. The monoisotopic (exact) mass is 159 g/mol. The number of nitrogens with zero attached hydrogens (tertiary/aromatic N) is 1. The van der Waals surface area contributed by atoms with Gasteiger partial charge in [0, 0.05) is 14.1 Å². The van der Waals surface area contributed by atoms with Crippen molar-refractivity contribution in [1.29, 1.82) is 0 Å². The highest BCUT2D eigenvalue weighted by atomic mass is 16.4. The van der Waals surface area contributed by atoms with E-state index in [0.29, 0.717) is 5.84 Å². The molecule has 0 radical (unpaired) electrons. The zero-order valence-corrected chi connectivity index (χ0v) is 6.88. The van der Waals surface area contributed by atoms with Gasteiger partial charge in [0.25, 0.3) is 0 Å². The van der Waals surface area contributed by atoms with Gasteiger partial charge in [0.15, 0.2) is 6.04 Å². The Labute approximate surface area is 65.5 Å². The summed E-state index contributed by atoms with van der Waals surface area (Å²) in [4.78, 5) is 14.3. The standard InChI is InChI=1S/C6H13N3O2/c1-7-4(6(10)11)5(8-2)9-3/h4,7H,1-3H3,(H,8,9)(H,10,11). The molecular formula is C6H13N3O2. The molecule has 0 spiro atoms. The molecule has 3 N–H and O–H groups in total. The molecule has 0 aromatic rings. The maximum absolute atomic E-state index is 10.5. The lowest BCUT2D eigenvalue weighted by Gasteiger charge is -2.12. The molecule has 0 fully saturated rings. The van der Waals surface area contributed by atoms with E-state index in [1.807, 2.05) is 0 Å². The lowest BCUT2D eigenvalue weighted by molar-refractivity contribution is -0.137. The van der Waals surface area contributed by atoms with Gasteiger partial charge in [0.1, 0.15) is 5.84 Å². The number of amidine groups is 1. The molecule has 64 valence electrons. The number of carboxylic acids is 1. The molecule has 0 aromatic heterocycles. The van der Waals surface area contributed by atoms with Crippen molar-refractivity contribution in [1.82, 2.24) is 10.6 Å². The number of nitrogens with one attached hydrogen (secondary N) is 2. The van der Waals surface area contributed by atoms with Crippen molar-refractivity contribution in [3.8, 4) is 0 Å². The van der Waals surface area contributed by atoms with Crippen molar-refractivity contribution in [3.05, 3.63) is 0 Å². The molecular weight excluding hydrogens is 146 g/mol. The molecule has 0 aliphatic carbocycles. The number of hydrogen-bond acceptors (Lipinski definition) is 3. The first kappa shape index (κ1) is 9.90. The summed E-state index contributed by atoms with van der Waals surface area (Å²) < 4.78 is 0. The van der Waals surface area contributed by atoms with E-state index < -0.39 is 12.0 Å². The van der Waals surface area contributed by atoms with E-state index in [1.54, 1.807) is 21.1 Å². The predicted molar refractivity (Wildman–Crippen MR) is 42.9 cm³/mol. The lowest BCUT2D eigenvalue weighted by atomic mass is 10.3. The highest BCUT2D eigenvalue weighted by Crippen LogP contribution is 1.84. The molecule has 0 bridgehead atoms. The second kappa shape index (κ2) is 4.68. The molecule has 0 heterocycles. The van der Waals surface area contributed by atoms with Gasteiger partial charge in [0.05, 0.1) is 0 Å². The largest absolute Gasteiger partial charge is 0.480 e. The minimum atomic E-state index is -0.942. The molecule has 0 saturated carbocycles. The minimum absolute atomic E-state index is 0.417. The molecule has 0 rings (SSSR count). The van der Waals surface area contributed by atoms with Crippen molar-refractivity contribution in [2.24, 2.45) is 4.99 Å². The molecule has 1 unspecified atom stereocenters. The van der Waals surface area contributed by atoms with Gasteiger partial charge in [-0.25, -0.2) is 0 Å². The molecule has 0 aliphatic heterocycles. The summed E-state index contributed by atoms with van der Waals surface area (Å²) in [6.07, 6.45) is 0. The van der Waals surface area contributed by atoms with E-state index in [-0.39, 0.29) is 0 Å². The normalized spacial score (nSPS) is 14.3. The Bertz CT molecular complexity index is 167. The van der Waals surface area contributed by atoms with Gasteiger partial charge >= 0.3 is 5.97 Å². The van der Waals surface area contributed by atoms with E-state index in [1.165, 1.54) is 0 Å². The average Bonchev–Trinajstić information content (AvgIpc) is 1.99. The minimum Gasteiger partial charge on any atom is -0.480 e. The molecule has 0 amide bonds. The quantitative estimate of drug-likeness (QED) is 0.361. The number of carbonyl (C=O) groups is 1. The Kier molecular flexibility index (Phi) is 4.21. The first-order chi connectivity index (χ1) is 5.17. The molecule has 1 atom stereocenters. The maximum atomic E-state index is 10.5. The van der Waals surface area contributed by atoms with Crippen LogP contribution in [-0.2, 0) is 4.79 Å². The van der Waals surface area contributed by atoms with Crippen LogP contribution in [0.5, 0.6) is 0 Å². The van der Waals surface area contributed by atoms with Crippen molar-refractivity contribution in [3.63, 3.8) is 0 Å². The average molecular weight is 159 g/mol. The van der Waals surface area contributed by atoms with Crippen LogP contribution >= 0.6 is 0 Å². The van der Waals surface area contributed by atoms with E-state index in [9.17, 15) is 4.79 Å². The number of aliphatic carboxylic acids is 1. The lowest BCUT2D eigenvalue weighted by Crippen LogP contribution is -2.46. The van der Waals surface area contributed by atoms with E-state index in [2.05, 4.69) is 15.6 Å². The Morgan fingerprint density at radius 1 is 1.55 bits per heavy atom. The molecule has 0 saturated heterocycles. The Morgan fingerprint density at radius 3 is 2.18 bits per heavy atom. The highest BCUT2D eigenvalue weighted by molar-refractivity contribution is 6.04. The fraction of sp³-hybridized carbons (Fsp3) is 0.667. The van der Waals surface area contributed by atoms with Crippen LogP contribution in [0.3, 0.4) is 0 Å². The number of aliphatic imine (C=N–C) groups is 1. The van der Waals surface area contributed by atoms with Crippen molar-refractivity contribution in [2.45, 2.75) is 6.04 Å². The van der Waals surface area contributed by atoms with E-state index in [4.69, 9.17) is 5.11 Å². The first-order valence-electron chi connectivity index (χ1n) is 3.21. The maximum Gasteiger partial charge on any atom is 0.328 e. The SMILES string of the molecule is CN=C(NC)C(NC)C(=O)O. The first-order valence-corrected chi connectivity index (χ1v) is 3.21. The summed E-state index contributed by atoms with van der Waals surface area (Å²) in [6.45, 7) is 0. The van der Waals surface area contributed by atoms with Crippen molar-refractivity contribution >= 4 is 11.8 Å². The van der Waals surface area contributed by atoms with E-state index >= 15 is 0 Å². The zero-order valence-electron chi connectivity index (χ0n) is 6.88. The number of hydrogen-bond donors (Lipinski definition) is 3. The van der Waals surface area contributed by atoms with E-state index in [0.717, 1.165) is 0 Å². The van der Waals surface area contributed by atoms with Crippen LogP contribution in [0.4, 0.5) is 0 Å². The zero-order chi connectivity index (χ0) is 8.85. The number of carboxylic acid groups (broad SMARTS) is 1. The summed E-state index contributed by atoms with van der Waals surface area (Å²) >= 11 is 0. The topological polar surface area (TPSA) is 73.7 Å². The summed E-state index contributed by atoms with van der Waals surface area (Å²) in [6, 6.07) is -0.745. The summed E-state index contributed by atoms with van der Waals surface area (Å²) in [5, 5.41) is 13.9. The summed E-state index contributed by atoms with van der Waals surface area (Å²) in [5.41, 5.74) is 0. The van der Waals surface area contributed by atoms with Crippen LogP contribution in [0.1, 0.15) is 0 Å². The Balaban J connectivity index is 4.35. The van der Waals surface area contributed by atoms with Crippen molar-refractivity contribution in [2.75, 3.05) is 21.1 Å². The third-order valence-electron chi connectivity index (χ3n) is 1.31. The summed E-state index contributed by atoms with van der Waals surface area (Å²) in [7, 11) is 4.75. The van der Waals surface area contributed by atoms with Gasteiger partial charge < -0.3 is 15.7 Å². The summed E-state index contributed by atoms with van der Waals surface area (Å²) in [5.74, 6) is -0.526. The Morgan fingerprint density at radius 2 is 2.09 bits per heavy atom. The van der Waals surface area contributed by atoms with Crippen LogP contribution in [-0.4, -0.2) is 44.1 Å². The Hall–Kier alpha value is -1.10. The molecule has 11 heavy (non-hydrogen) atoms. The second-order valence-electron chi connectivity index (χ2n) is 1.92. The molecule has 0 aromatic carbocycles. The van der Waals surface area contributed by atoms with Gasteiger partial charge in [-0.15, -0.1) is 0 Å². The van der Waals surface area contributed by atoms with Crippen LogP contribution in [0.25, 0.3) is 0 Å². The van der Waals surface area contributed by atoms with Crippen LogP contribution in [0.2, 0.25) is 0 Å². The van der Waals surface area contributed by atoms with Crippen molar-refractivity contribution < 1.29 is 9.90 Å². The van der Waals surface area contributed by atoms with Crippen LogP contribution in [0, 0.1) is 0 Å².